The van der Waals surface area contributed by atoms with Crippen LogP contribution in [0.4, 0.5) is 0 Å². The summed E-state index contributed by atoms with van der Waals surface area (Å²) in [6, 6.07) is 5.84. The van der Waals surface area contributed by atoms with Gasteiger partial charge in [-0.1, -0.05) is 13.0 Å². The molecule has 1 saturated carbocycles. The minimum atomic E-state index is 0.621. The fraction of sp³-hybridized carbons (Fsp3) is 0.733. The van der Waals surface area contributed by atoms with Crippen LogP contribution in [0.5, 0.6) is 0 Å². The fourth-order valence-corrected chi connectivity index (χ4v) is 2.91. The molecule has 1 unspecified atom stereocenters. The molecule has 1 atom stereocenters. The largest absolute Gasteiger partial charge is 0.314 e. The van der Waals surface area contributed by atoms with Crippen LogP contribution >= 0.6 is 11.3 Å². The van der Waals surface area contributed by atoms with Gasteiger partial charge in [0.05, 0.1) is 0 Å². The van der Waals surface area contributed by atoms with E-state index in [9.17, 15) is 0 Å². The highest BCUT2D eigenvalue weighted by molar-refractivity contribution is 7.09. The molecule has 0 amide bonds. The van der Waals surface area contributed by atoms with Gasteiger partial charge >= 0.3 is 0 Å². The SMILES string of the molecule is CC(CNC1CC1)CN(Cc1cccs1)C(C)C. The molecule has 18 heavy (non-hydrogen) atoms. The lowest BCUT2D eigenvalue weighted by Gasteiger charge is -2.29. The van der Waals surface area contributed by atoms with Crippen LogP contribution in [0.2, 0.25) is 0 Å². The van der Waals surface area contributed by atoms with Gasteiger partial charge in [0.2, 0.25) is 0 Å². The monoisotopic (exact) mass is 266 g/mol. The molecular weight excluding hydrogens is 240 g/mol. The Morgan fingerprint density at radius 2 is 2.17 bits per heavy atom. The van der Waals surface area contributed by atoms with Gasteiger partial charge in [-0.05, 0) is 50.6 Å². The van der Waals surface area contributed by atoms with Crippen molar-refractivity contribution in [2.75, 3.05) is 13.1 Å². The zero-order valence-electron chi connectivity index (χ0n) is 11.9. The van der Waals surface area contributed by atoms with Crippen molar-refractivity contribution in [1.82, 2.24) is 10.2 Å². The molecule has 0 spiro atoms. The number of thiophene rings is 1. The van der Waals surface area contributed by atoms with Gasteiger partial charge in [-0.15, -0.1) is 11.3 Å². The minimum Gasteiger partial charge on any atom is -0.314 e. The van der Waals surface area contributed by atoms with Gasteiger partial charge in [-0.3, -0.25) is 4.90 Å². The molecule has 0 bridgehead atoms. The Kier molecular flexibility index (Phi) is 5.22. The van der Waals surface area contributed by atoms with Crippen molar-refractivity contribution < 1.29 is 0 Å². The Hall–Kier alpha value is -0.380. The summed E-state index contributed by atoms with van der Waals surface area (Å²) in [4.78, 5) is 4.07. The summed E-state index contributed by atoms with van der Waals surface area (Å²) in [5.41, 5.74) is 0. The van der Waals surface area contributed by atoms with Crippen LogP contribution in [0, 0.1) is 5.92 Å². The Morgan fingerprint density at radius 3 is 2.72 bits per heavy atom. The second-order valence-electron chi connectivity index (χ2n) is 5.89. The van der Waals surface area contributed by atoms with Crippen molar-refractivity contribution in [3.63, 3.8) is 0 Å². The normalized spacial score (nSPS) is 17.6. The Labute approximate surface area is 115 Å². The lowest BCUT2D eigenvalue weighted by atomic mass is 10.1. The lowest BCUT2D eigenvalue weighted by Crippen LogP contribution is -2.37. The van der Waals surface area contributed by atoms with E-state index >= 15 is 0 Å². The second kappa shape index (κ2) is 6.69. The van der Waals surface area contributed by atoms with E-state index in [0.29, 0.717) is 6.04 Å². The van der Waals surface area contributed by atoms with E-state index in [1.807, 2.05) is 11.3 Å². The number of nitrogens with one attached hydrogen (secondary N) is 1. The van der Waals surface area contributed by atoms with Crippen molar-refractivity contribution in [2.45, 2.75) is 52.2 Å². The first-order chi connectivity index (χ1) is 8.65. The molecule has 1 aromatic heterocycles. The lowest BCUT2D eigenvalue weighted by molar-refractivity contribution is 0.184. The Balaban J connectivity index is 1.77. The van der Waals surface area contributed by atoms with E-state index in [2.05, 4.69) is 48.5 Å². The molecule has 0 aliphatic heterocycles. The van der Waals surface area contributed by atoms with E-state index in [1.165, 1.54) is 30.8 Å². The summed E-state index contributed by atoms with van der Waals surface area (Å²) in [6.45, 7) is 10.4. The van der Waals surface area contributed by atoms with Gasteiger partial charge in [-0.2, -0.15) is 0 Å². The zero-order valence-corrected chi connectivity index (χ0v) is 12.7. The van der Waals surface area contributed by atoms with Gasteiger partial charge < -0.3 is 5.32 Å². The number of hydrogen-bond donors (Lipinski definition) is 1. The van der Waals surface area contributed by atoms with Crippen molar-refractivity contribution >= 4 is 11.3 Å². The first-order valence-corrected chi connectivity index (χ1v) is 8.03. The third kappa shape index (κ3) is 4.71. The molecule has 0 aromatic carbocycles. The van der Waals surface area contributed by atoms with E-state index in [1.54, 1.807) is 0 Å². The minimum absolute atomic E-state index is 0.621. The molecule has 0 saturated heterocycles. The highest BCUT2D eigenvalue weighted by atomic mass is 32.1. The van der Waals surface area contributed by atoms with Gasteiger partial charge in [0.25, 0.3) is 0 Å². The average Bonchev–Trinajstić information content (AvgIpc) is 3.02. The first-order valence-electron chi connectivity index (χ1n) is 7.15. The summed E-state index contributed by atoms with van der Waals surface area (Å²) in [6.07, 6.45) is 2.77. The first kappa shape index (κ1) is 14.0. The molecule has 2 rings (SSSR count). The summed E-state index contributed by atoms with van der Waals surface area (Å²) in [7, 11) is 0. The third-order valence-electron chi connectivity index (χ3n) is 3.55. The average molecular weight is 266 g/mol. The van der Waals surface area contributed by atoms with Crippen LogP contribution in [-0.4, -0.2) is 30.1 Å². The van der Waals surface area contributed by atoms with Crippen LogP contribution in [0.3, 0.4) is 0 Å². The van der Waals surface area contributed by atoms with Crippen LogP contribution in [0.1, 0.15) is 38.5 Å². The van der Waals surface area contributed by atoms with Crippen LogP contribution in [0.25, 0.3) is 0 Å². The van der Waals surface area contributed by atoms with E-state index < -0.39 is 0 Å². The quantitative estimate of drug-likeness (QED) is 0.776. The zero-order chi connectivity index (χ0) is 13.0. The van der Waals surface area contributed by atoms with Crippen molar-refractivity contribution in [2.24, 2.45) is 5.92 Å². The summed E-state index contributed by atoms with van der Waals surface area (Å²) in [5.74, 6) is 0.730. The predicted molar refractivity (Wildman–Crippen MR) is 80.1 cm³/mol. The molecule has 1 aliphatic carbocycles. The molecule has 1 N–H and O–H groups in total. The number of hydrogen-bond acceptors (Lipinski definition) is 3. The van der Waals surface area contributed by atoms with E-state index in [4.69, 9.17) is 0 Å². The molecule has 102 valence electrons. The highest BCUT2D eigenvalue weighted by Crippen LogP contribution is 2.19. The Morgan fingerprint density at radius 1 is 1.39 bits per heavy atom. The van der Waals surface area contributed by atoms with Gasteiger partial charge in [0, 0.05) is 30.1 Å². The molecule has 2 nitrogen and oxygen atoms in total. The van der Waals surface area contributed by atoms with Gasteiger partial charge in [-0.25, -0.2) is 0 Å². The smallest absolute Gasteiger partial charge is 0.0330 e. The molecule has 1 aromatic rings. The molecule has 0 radical (unpaired) electrons. The molecule has 1 fully saturated rings. The molecular formula is C15H26N2S. The number of rotatable bonds is 8. The summed E-state index contributed by atoms with van der Waals surface area (Å²) < 4.78 is 0. The maximum absolute atomic E-state index is 3.64. The highest BCUT2D eigenvalue weighted by Gasteiger charge is 2.21. The standard InChI is InChI=1S/C15H26N2S/c1-12(2)17(11-15-5-4-8-18-15)10-13(3)9-16-14-6-7-14/h4-5,8,12-14,16H,6-7,9-11H2,1-3H3. The maximum Gasteiger partial charge on any atom is 0.0330 e. The molecule has 3 heteroatoms. The molecule has 1 aliphatic rings. The summed E-state index contributed by atoms with van der Waals surface area (Å²) in [5, 5.41) is 5.81. The fourth-order valence-electron chi connectivity index (χ4n) is 2.18. The molecule has 1 heterocycles. The van der Waals surface area contributed by atoms with Crippen LogP contribution in [0.15, 0.2) is 17.5 Å². The van der Waals surface area contributed by atoms with Crippen molar-refractivity contribution in [1.29, 1.82) is 0 Å². The van der Waals surface area contributed by atoms with Gasteiger partial charge in [0.1, 0.15) is 0 Å². The van der Waals surface area contributed by atoms with Crippen LogP contribution < -0.4 is 5.32 Å². The van der Waals surface area contributed by atoms with E-state index in [-0.39, 0.29) is 0 Å². The van der Waals surface area contributed by atoms with Crippen LogP contribution in [-0.2, 0) is 6.54 Å². The number of nitrogens with zero attached hydrogens (tertiary/aromatic N) is 1. The predicted octanol–water partition coefficient (Wildman–Crippen LogP) is 3.35. The second-order valence-corrected chi connectivity index (χ2v) is 6.92. The summed E-state index contributed by atoms with van der Waals surface area (Å²) >= 11 is 1.87. The topological polar surface area (TPSA) is 15.3 Å². The van der Waals surface area contributed by atoms with Crippen molar-refractivity contribution in [3.8, 4) is 0 Å². The maximum atomic E-state index is 3.64. The third-order valence-corrected chi connectivity index (χ3v) is 4.41. The van der Waals surface area contributed by atoms with Gasteiger partial charge in [0.15, 0.2) is 0 Å². The van der Waals surface area contributed by atoms with E-state index in [0.717, 1.165) is 18.5 Å². The Bertz CT molecular complexity index is 330. The van der Waals surface area contributed by atoms with Crippen molar-refractivity contribution in [3.05, 3.63) is 22.4 Å².